The Balaban J connectivity index is 1.04. The van der Waals surface area contributed by atoms with Crippen molar-refractivity contribution in [2.75, 3.05) is 10.7 Å². The molecule has 1 N–H and O–H groups in total. The van der Waals surface area contributed by atoms with Crippen molar-refractivity contribution in [1.82, 2.24) is 20.2 Å². The highest BCUT2D eigenvalue weighted by Crippen LogP contribution is 2.43. The smallest absolute Gasteiger partial charge is 0.406 e. The highest BCUT2D eigenvalue weighted by Gasteiger charge is 2.33. The molecule has 3 heterocycles. The van der Waals surface area contributed by atoms with Gasteiger partial charge in [0.15, 0.2) is 11.0 Å². The predicted octanol–water partition coefficient (Wildman–Crippen LogP) is 7.24. The third-order valence-corrected chi connectivity index (χ3v) is 7.84. The lowest BCUT2D eigenvalue weighted by Crippen LogP contribution is -2.29. The highest BCUT2D eigenvalue weighted by molar-refractivity contribution is 8.14. The first kappa shape index (κ1) is 28.8. The van der Waals surface area contributed by atoms with Crippen molar-refractivity contribution in [3.8, 4) is 22.8 Å². The van der Waals surface area contributed by atoms with E-state index in [-0.39, 0.29) is 18.3 Å². The second-order valence-corrected chi connectivity index (χ2v) is 11.0. The van der Waals surface area contributed by atoms with Gasteiger partial charge in [-0.1, -0.05) is 66.7 Å². The number of amides is 2. The Morgan fingerprint density at radius 2 is 1.91 bits per heavy atom. The second kappa shape index (κ2) is 11.7. The molecular formula is C29H22ClF3N6O3S. The number of nitrogens with zero attached hydrogens (tertiary/aromatic N) is 5. The number of halogens is 4. The van der Waals surface area contributed by atoms with Crippen molar-refractivity contribution in [3.05, 3.63) is 101 Å². The normalized spacial score (nSPS) is 17.0. The Labute approximate surface area is 252 Å². The summed E-state index contributed by atoms with van der Waals surface area (Å²) in [5.41, 5.74) is 7.48. The molecule has 0 saturated carbocycles. The molecule has 2 amide bonds. The first-order chi connectivity index (χ1) is 20.6. The molecule has 6 rings (SSSR count). The molecule has 4 aromatic rings. The minimum absolute atomic E-state index is 0.100. The summed E-state index contributed by atoms with van der Waals surface area (Å²) in [5.74, 6) is 1.03. The van der Waals surface area contributed by atoms with Crippen LogP contribution in [0.25, 0.3) is 17.1 Å². The number of hydroxylamine groups is 1. The fraction of sp³-hybridized carbons (Fsp3) is 0.172. The van der Waals surface area contributed by atoms with Crippen LogP contribution in [0.1, 0.15) is 24.0 Å². The number of carbonyl (C=O) groups excluding carboxylic acids is 1. The number of nitrogens with one attached hydrogen (secondary N) is 1. The van der Waals surface area contributed by atoms with Gasteiger partial charge in [-0.05, 0) is 47.5 Å². The van der Waals surface area contributed by atoms with Crippen LogP contribution in [0.5, 0.6) is 5.75 Å². The Kier molecular flexibility index (Phi) is 7.86. The van der Waals surface area contributed by atoms with Crippen LogP contribution in [0.4, 0.5) is 23.7 Å². The summed E-state index contributed by atoms with van der Waals surface area (Å²) < 4.78 is 42.5. The zero-order valence-electron chi connectivity index (χ0n) is 22.4. The summed E-state index contributed by atoms with van der Waals surface area (Å²) in [6.07, 6.45) is -1.13. The average Bonchev–Trinajstić information content (AvgIpc) is 3.61. The van der Waals surface area contributed by atoms with E-state index in [0.29, 0.717) is 33.0 Å². The Morgan fingerprint density at radius 1 is 1.14 bits per heavy atom. The largest absolute Gasteiger partial charge is 0.573 e. The lowest BCUT2D eigenvalue weighted by Gasteiger charge is -2.29. The lowest BCUT2D eigenvalue weighted by molar-refractivity contribution is -0.274. The number of hydrogen-bond donors (Lipinski definition) is 1. The summed E-state index contributed by atoms with van der Waals surface area (Å²) in [7, 11) is 0. The van der Waals surface area contributed by atoms with Crippen LogP contribution in [0.2, 0.25) is 5.02 Å². The Hall–Kier alpha value is -4.33. The number of anilines is 1. The van der Waals surface area contributed by atoms with Gasteiger partial charge in [0.2, 0.25) is 0 Å². The van der Waals surface area contributed by atoms with E-state index in [0.717, 1.165) is 22.5 Å². The number of aliphatic imine (C=N–C) groups is 1. The van der Waals surface area contributed by atoms with E-state index >= 15 is 0 Å². The van der Waals surface area contributed by atoms with Crippen molar-refractivity contribution >= 4 is 40.2 Å². The second-order valence-electron chi connectivity index (χ2n) is 9.62. The number of fused-ring (bicyclic) bond motifs is 3. The van der Waals surface area contributed by atoms with Crippen LogP contribution in [0.15, 0.2) is 89.8 Å². The number of benzene rings is 3. The maximum Gasteiger partial charge on any atom is 0.573 e. The number of hydrogen-bond acceptors (Lipinski definition) is 6. The molecule has 9 nitrogen and oxygen atoms in total. The fourth-order valence-electron chi connectivity index (χ4n) is 4.69. The van der Waals surface area contributed by atoms with Crippen molar-refractivity contribution in [1.29, 1.82) is 0 Å². The lowest BCUT2D eigenvalue weighted by atomic mass is 9.94. The molecule has 0 radical (unpaired) electrons. The molecule has 0 aliphatic carbocycles. The number of amidine groups is 1. The van der Waals surface area contributed by atoms with E-state index in [4.69, 9.17) is 16.4 Å². The van der Waals surface area contributed by atoms with Crippen molar-refractivity contribution < 1.29 is 27.5 Å². The van der Waals surface area contributed by atoms with Crippen molar-refractivity contribution in [3.63, 3.8) is 0 Å². The summed E-state index contributed by atoms with van der Waals surface area (Å²) in [6, 6.07) is 17.6. The number of allylic oxidation sites excluding steroid dienone is 1. The molecule has 2 aliphatic rings. The first-order valence-electron chi connectivity index (χ1n) is 12.9. The summed E-state index contributed by atoms with van der Waals surface area (Å²) in [5, 5.41) is 5.55. The molecular weight excluding hydrogens is 605 g/mol. The number of aromatic nitrogens is 3. The van der Waals surface area contributed by atoms with Crippen LogP contribution in [0.3, 0.4) is 0 Å². The van der Waals surface area contributed by atoms with E-state index in [9.17, 15) is 18.0 Å². The Bertz CT molecular complexity index is 1720. The molecule has 1 saturated heterocycles. The molecule has 14 heteroatoms. The van der Waals surface area contributed by atoms with Gasteiger partial charge in [-0.15, -0.1) is 18.3 Å². The summed E-state index contributed by atoms with van der Waals surface area (Å²) >= 11 is 7.72. The van der Waals surface area contributed by atoms with E-state index in [1.54, 1.807) is 24.3 Å². The summed E-state index contributed by atoms with van der Waals surface area (Å²) in [6.45, 7) is 2.22. The zero-order chi connectivity index (χ0) is 30.1. The number of carbonyl (C=O) groups is 1. The summed E-state index contributed by atoms with van der Waals surface area (Å²) in [4.78, 5) is 28.4. The molecule has 3 aromatic carbocycles. The molecule has 1 unspecified atom stereocenters. The zero-order valence-corrected chi connectivity index (χ0v) is 24.0. The topological polar surface area (TPSA) is 93.9 Å². The van der Waals surface area contributed by atoms with Gasteiger partial charge in [-0.3, -0.25) is 9.74 Å². The number of thioether (sulfide) groups is 1. The van der Waals surface area contributed by atoms with E-state index in [1.807, 2.05) is 23.1 Å². The molecule has 220 valence electrons. The van der Waals surface area contributed by atoms with Gasteiger partial charge in [-0.25, -0.2) is 19.9 Å². The minimum atomic E-state index is -4.76. The molecule has 2 aliphatic heterocycles. The van der Waals surface area contributed by atoms with Gasteiger partial charge in [0.1, 0.15) is 12.1 Å². The SMILES string of the molecule is CC1C=C2CS/C(=N\C(=O)NOCc3ccc(-c4ncn(-c5ccc(OC(F)(F)F)cc5)n4)cc3)N2c2cc(Cl)ccc21. The van der Waals surface area contributed by atoms with Gasteiger partial charge in [0.05, 0.1) is 18.0 Å². The number of alkyl halides is 3. The average molecular weight is 627 g/mol. The standard InChI is InChI=1S/C29H22ClF3N6O3S/c1-17-12-22-15-43-28(39(22)25-13-20(30)6-11-24(17)25)35-27(40)37-41-14-18-2-4-19(5-3-18)26-34-16-38(36-26)21-7-9-23(10-8-21)42-29(31,32)33/h2-13,16-17H,14-15H2,1H3,(H,37,40)/b35-28-. The van der Waals surface area contributed by atoms with Gasteiger partial charge in [0.25, 0.3) is 0 Å². The van der Waals surface area contributed by atoms with Crippen molar-refractivity contribution in [2.24, 2.45) is 4.99 Å². The molecule has 0 bridgehead atoms. The predicted molar refractivity (Wildman–Crippen MR) is 157 cm³/mol. The quantitative estimate of drug-likeness (QED) is 0.226. The van der Waals surface area contributed by atoms with Crippen LogP contribution in [0, 0.1) is 0 Å². The van der Waals surface area contributed by atoms with Gasteiger partial charge >= 0.3 is 12.4 Å². The number of urea groups is 1. The van der Waals surface area contributed by atoms with E-state index in [1.165, 1.54) is 47.0 Å². The van der Waals surface area contributed by atoms with Crippen LogP contribution in [-0.2, 0) is 11.4 Å². The first-order valence-corrected chi connectivity index (χ1v) is 14.3. The third-order valence-electron chi connectivity index (χ3n) is 6.63. The molecule has 1 fully saturated rings. The van der Waals surface area contributed by atoms with Gasteiger partial charge in [0, 0.05) is 28.0 Å². The van der Waals surface area contributed by atoms with E-state index < -0.39 is 12.4 Å². The maximum absolute atomic E-state index is 12.6. The molecule has 43 heavy (non-hydrogen) atoms. The van der Waals surface area contributed by atoms with E-state index in [2.05, 4.69) is 38.3 Å². The monoisotopic (exact) mass is 626 g/mol. The highest BCUT2D eigenvalue weighted by atomic mass is 35.5. The Morgan fingerprint density at radius 3 is 2.65 bits per heavy atom. The maximum atomic E-state index is 12.6. The van der Waals surface area contributed by atoms with Crippen LogP contribution < -0.4 is 15.1 Å². The van der Waals surface area contributed by atoms with Crippen LogP contribution >= 0.6 is 23.4 Å². The van der Waals surface area contributed by atoms with Gasteiger partial charge < -0.3 is 4.74 Å². The third kappa shape index (κ3) is 6.53. The number of ether oxygens (including phenoxy) is 1. The van der Waals surface area contributed by atoms with Crippen LogP contribution in [-0.4, -0.2) is 38.1 Å². The minimum Gasteiger partial charge on any atom is -0.406 e. The fourth-order valence-corrected chi connectivity index (χ4v) is 5.85. The van der Waals surface area contributed by atoms with Gasteiger partial charge in [-0.2, -0.15) is 4.99 Å². The number of rotatable bonds is 6. The van der Waals surface area contributed by atoms with Crippen molar-refractivity contribution in [2.45, 2.75) is 25.8 Å². The molecule has 1 aromatic heterocycles. The molecule has 0 spiro atoms. The molecule has 1 atom stereocenters.